The van der Waals surface area contributed by atoms with E-state index in [9.17, 15) is 0 Å². The van der Waals surface area contributed by atoms with Crippen LogP contribution in [0, 0.1) is 0 Å². The summed E-state index contributed by atoms with van der Waals surface area (Å²) in [7, 11) is 1.79. The van der Waals surface area contributed by atoms with E-state index in [1.165, 1.54) is 0 Å². The van der Waals surface area contributed by atoms with Crippen LogP contribution in [0.5, 0.6) is 0 Å². The van der Waals surface area contributed by atoms with Crippen molar-refractivity contribution in [3.63, 3.8) is 0 Å². The molecule has 0 saturated carbocycles. The zero-order chi connectivity index (χ0) is 11.1. The maximum Gasteiger partial charge on any atom is 0.0896 e. The Morgan fingerprint density at radius 1 is 1.13 bits per heavy atom. The maximum absolute atomic E-state index is 4.30. The van der Waals surface area contributed by atoms with Gasteiger partial charge in [-0.1, -0.05) is 36.4 Å². The van der Waals surface area contributed by atoms with E-state index in [4.69, 9.17) is 0 Å². The normalized spacial score (nSPS) is 13.5. The van der Waals surface area contributed by atoms with Crippen LogP contribution < -0.4 is 0 Å². The van der Waals surface area contributed by atoms with Gasteiger partial charge in [0.1, 0.15) is 0 Å². The van der Waals surface area contributed by atoms with Crippen molar-refractivity contribution in [3.8, 4) is 0 Å². The molecule has 0 radical (unpaired) electrons. The molecule has 0 heterocycles. The second-order valence-corrected chi connectivity index (χ2v) is 3.00. The van der Waals surface area contributed by atoms with Crippen molar-refractivity contribution >= 4 is 11.9 Å². The minimum absolute atomic E-state index is 0.909. The molecule has 0 aliphatic carbocycles. The Morgan fingerprint density at radius 2 is 1.80 bits per heavy atom. The fourth-order valence-electron chi connectivity index (χ4n) is 1.40. The van der Waals surface area contributed by atoms with E-state index in [1.54, 1.807) is 13.3 Å². The highest BCUT2D eigenvalue weighted by Crippen LogP contribution is 2.10. The SMILES string of the molecule is CC=NC(=CC)C(=NC)c1ccccc1. The smallest absolute Gasteiger partial charge is 0.0896 e. The van der Waals surface area contributed by atoms with Gasteiger partial charge in [-0.15, -0.1) is 0 Å². The first-order valence-electron chi connectivity index (χ1n) is 5.01. The number of hydrogen-bond acceptors (Lipinski definition) is 2. The monoisotopic (exact) mass is 200 g/mol. The van der Waals surface area contributed by atoms with E-state index in [-0.39, 0.29) is 0 Å². The molecule has 0 atom stereocenters. The molecule has 1 aromatic carbocycles. The van der Waals surface area contributed by atoms with Crippen molar-refractivity contribution in [1.29, 1.82) is 0 Å². The number of nitrogens with zero attached hydrogens (tertiary/aromatic N) is 2. The van der Waals surface area contributed by atoms with E-state index >= 15 is 0 Å². The van der Waals surface area contributed by atoms with Crippen molar-refractivity contribution in [2.75, 3.05) is 7.05 Å². The minimum atomic E-state index is 0.909. The van der Waals surface area contributed by atoms with Crippen molar-refractivity contribution in [1.82, 2.24) is 0 Å². The van der Waals surface area contributed by atoms with Crippen LogP contribution in [0.4, 0.5) is 0 Å². The Labute approximate surface area is 91.1 Å². The van der Waals surface area contributed by atoms with Crippen molar-refractivity contribution in [2.24, 2.45) is 9.98 Å². The maximum atomic E-state index is 4.30. The summed E-state index contributed by atoms with van der Waals surface area (Å²) in [4.78, 5) is 8.58. The number of aliphatic imine (C=N–C) groups is 2. The number of rotatable bonds is 3. The summed E-state index contributed by atoms with van der Waals surface area (Å²) in [6.07, 6.45) is 3.75. The molecule has 2 heteroatoms. The summed E-state index contributed by atoms with van der Waals surface area (Å²) in [5.74, 6) is 0. The van der Waals surface area contributed by atoms with Gasteiger partial charge in [0.15, 0.2) is 0 Å². The van der Waals surface area contributed by atoms with E-state index in [2.05, 4.69) is 9.98 Å². The molecule has 0 aliphatic heterocycles. The second kappa shape index (κ2) is 5.91. The summed E-state index contributed by atoms with van der Waals surface area (Å²) < 4.78 is 0. The molecule has 0 aliphatic rings. The highest BCUT2D eigenvalue weighted by molar-refractivity contribution is 6.12. The molecule has 0 unspecified atom stereocenters. The van der Waals surface area contributed by atoms with Gasteiger partial charge in [-0.2, -0.15) is 0 Å². The predicted octanol–water partition coefficient (Wildman–Crippen LogP) is 3.10. The molecule has 2 nitrogen and oxygen atoms in total. The molecule has 15 heavy (non-hydrogen) atoms. The number of allylic oxidation sites excluding steroid dienone is 2. The van der Waals surface area contributed by atoms with Crippen LogP contribution in [0.15, 0.2) is 52.1 Å². The number of hydrogen-bond donors (Lipinski definition) is 0. The summed E-state index contributed by atoms with van der Waals surface area (Å²) in [5.41, 5.74) is 2.93. The quantitative estimate of drug-likeness (QED) is 0.670. The first kappa shape index (κ1) is 11.4. The molecule has 1 rings (SSSR count). The third-order valence-electron chi connectivity index (χ3n) is 2.06. The lowest BCUT2D eigenvalue weighted by molar-refractivity contribution is 1.35. The Kier molecular flexibility index (Phi) is 4.48. The average Bonchev–Trinajstić information content (AvgIpc) is 2.30. The van der Waals surface area contributed by atoms with Crippen LogP contribution >= 0.6 is 0 Å². The molecule has 1 aromatic rings. The third-order valence-corrected chi connectivity index (χ3v) is 2.06. The second-order valence-electron chi connectivity index (χ2n) is 3.00. The molecule has 0 bridgehead atoms. The summed E-state index contributed by atoms with van der Waals surface area (Å²) in [6, 6.07) is 10.1. The van der Waals surface area contributed by atoms with Crippen LogP contribution in [0.3, 0.4) is 0 Å². The van der Waals surface area contributed by atoms with E-state index in [0.29, 0.717) is 0 Å². The first-order chi connectivity index (χ1) is 7.33. The molecule has 0 saturated heterocycles. The van der Waals surface area contributed by atoms with Crippen LogP contribution in [0.1, 0.15) is 19.4 Å². The average molecular weight is 200 g/mol. The van der Waals surface area contributed by atoms with Gasteiger partial charge in [-0.05, 0) is 13.8 Å². The van der Waals surface area contributed by atoms with Gasteiger partial charge < -0.3 is 0 Å². The molecular weight excluding hydrogens is 184 g/mol. The van der Waals surface area contributed by atoms with Gasteiger partial charge >= 0.3 is 0 Å². The third kappa shape index (κ3) is 2.88. The Morgan fingerprint density at radius 3 is 2.27 bits per heavy atom. The van der Waals surface area contributed by atoms with Crippen LogP contribution in [0.2, 0.25) is 0 Å². The van der Waals surface area contributed by atoms with Crippen molar-refractivity contribution in [3.05, 3.63) is 47.7 Å². The zero-order valence-corrected chi connectivity index (χ0v) is 9.44. The lowest BCUT2D eigenvalue weighted by atomic mass is 10.1. The van der Waals surface area contributed by atoms with Crippen LogP contribution in [-0.4, -0.2) is 19.0 Å². The summed E-state index contributed by atoms with van der Waals surface area (Å²) in [6.45, 7) is 3.87. The van der Waals surface area contributed by atoms with E-state index in [0.717, 1.165) is 17.0 Å². The highest BCUT2D eigenvalue weighted by atomic mass is 14.8. The fourth-order valence-corrected chi connectivity index (χ4v) is 1.40. The molecule has 0 fully saturated rings. The standard InChI is InChI=1S/C13H16N2/c1-4-12(15-5-2)13(14-3)11-9-7-6-8-10-11/h4-10H,1-3H3. The molecule has 0 aromatic heterocycles. The van der Waals surface area contributed by atoms with Gasteiger partial charge in [0.05, 0.1) is 11.4 Å². The predicted molar refractivity (Wildman–Crippen MR) is 66.8 cm³/mol. The zero-order valence-electron chi connectivity index (χ0n) is 9.44. The van der Waals surface area contributed by atoms with Crippen LogP contribution in [0.25, 0.3) is 0 Å². The van der Waals surface area contributed by atoms with Gasteiger partial charge in [0.2, 0.25) is 0 Å². The molecule has 0 spiro atoms. The van der Waals surface area contributed by atoms with E-state index in [1.807, 2.05) is 50.3 Å². The largest absolute Gasteiger partial charge is 0.286 e. The lowest BCUT2D eigenvalue weighted by Gasteiger charge is -2.05. The number of benzene rings is 1. The molecule has 78 valence electrons. The Bertz CT molecular complexity index is 386. The van der Waals surface area contributed by atoms with Gasteiger partial charge in [0, 0.05) is 18.8 Å². The van der Waals surface area contributed by atoms with Gasteiger partial charge in [-0.3, -0.25) is 9.98 Å². The van der Waals surface area contributed by atoms with Crippen molar-refractivity contribution < 1.29 is 0 Å². The first-order valence-corrected chi connectivity index (χ1v) is 5.01. The summed E-state index contributed by atoms with van der Waals surface area (Å²) >= 11 is 0. The lowest BCUT2D eigenvalue weighted by Crippen LogP contribution is -2.03. The Balaban J connectivity index is 3.11. The molecular formula is C13H16N2. The topological polar surface area (TPSA) is 24.7 Å². The van der Waals surface area contributed by atoms with Gasteiger partial charge in [0.25, 0.3) is 0 Å². The van der Waals surface area contributed by atoms with Crippen molar-refractivity contribution in [2.45, 2.75) is 13.8 Å². The molecule has 0 amide bonds. The Hall–Kier alpha value is -1.70. The fraction of sp³-hybridized carbons (Fsp3) is 0.231. The van der Waals surface area contributed by atoms with Gasteiger partial charge in [-0.25, -0.2) is 0 Å². The van der Waals surface area contributed by atoms with Crippen LogP contribution in [-0.2, 0) is 0 Å². The van der Waals surface area contributed by atoms with E-state index < -0.39 is 0 Å². The highest BCUT2D eigenvalue weighted by Gasteiger charge is 2.05. The molecule has 0 N–H and O–H groups in total. The minimum Gasteiger partial charge on any atom is -0.286 e. The summed E-state index contributed by atoms with van der Waals surface area (Å²) in [5, 5.41) is 0.